The van der Waals surface area contributed by atoms with Crippen LogP contribution in [0.1, 0.15) is 39.0 Å². The van der Waals surface area contributed by atoms with Crippen LogP contribution >= 0.6 is 0 Å². The first-order valence-electron chi connectivity index (χ1n) is 5.73. The fourth-order valence-corrected chi connectivity index (χ4v) is 2.32. The lowest BCUT2D eigenvalue weighted by Crippen LogP contribution is -2.42. The standard InChI is InChI=1S/C11H23NO2/c1-2-4-10(9-12)11(13)5-3-7-14-8-6-11/h10,13H,2-9,12H2,1H3. The van der Waals surface area contributed by atoms with Gasteiger partial charge in [-0.25, -0.2) is 0 Å². The van der Waals surface area contributed by atoms with Gasteiger partial charge in [-0.3, -0.25) is 0 Å². The molecular formula is C11H23NO2. The van der Waals surface area contributed by atoms with E-state index < -0.39 is 5.60 Å². The van der Waals surface area contributed by atoms with Gasteiger partial charge in [-0.15, -0.1) is 0 Å². The molecule has 14 heavy (non-hydrogen) atoms. The zero-order valence-corrected chi connectivity index (χ0v) is 9.17. The molecule has 2 unspecified atom stereocenters. The zero-order chi connectivity index (χ0) is 10.4. The molecule has 0 aromatic carbocycles. The summed E-state index contributed by atoms with van der Waals surface area (Å²) in [7, 11) is 0. The molecule has 1 heterocycles. The maximum absolute atomic E-state index is 10.5. The Morgan fingerprint density at radius 2 is 2.21 bits per heavy atom. The molecular weight excluding hydrogens is 178 g/mol. The second-order valence-electron chi connectivity index (χ2n) is 4.29. The van der Waals surface area contributed by atoms with Crippen molar-refractivity contribution in [3.05, 3.63) is 0 Å². The highest BCUT2D eigenvalue weighted by Crippen LogP contribution is 2.31. The Morgan fingerprint density at radius 3 is 2.86 bits per heavy atom. The van der Waals surface area contributed by atoms with E-state index in [9.17, 15) is 5.11 Å². The minimum absolute atomic E-state index is 0.245. The molecule has 0 aromatic rings. The van der Waals surface area contributed by atoms with Crippen molar-refractivity contribution >= 4 is 0 Å². The van der Waals surface area contributed by atoms with Gasteiger partial charge < -0.3 is 15.6 Å². The molecule has 1 aliphatic rings. The summed E-state index contributed by atoms with van der Waals surface area (Å²) in [6.07, 6.45) is 4.65. The summed E-state index contributed by atoms with van der Waals surface area (Å²) >= 11 is 0. The summed E-state index contributed by atoms with van der Waals surface area (Å²) in [5, 5.41) is 10.5. The van der Waals surface area contributed by atoms with E-state index in [2.05, 4.69) is 6.92 Å². The summed E-state index contributed by atoms with van der Waals surface area (Å²) in [5.41, 5.74) is 5.16. The van der Waals surface area contributed by atoms with E-state index in [4.69, 9.17) is 10.5 Å². The third-order valence-electron chi connectivity index (χ3n) is 3.26. The van der Waals surface area contributed by atoms with Crippen molar-refractivity contribution in [2.24, 2.45) is 11.7 Å². The first-order valence-corrected chi connectivity index (χ1v) is 5.73. The SMILES string of the molecule is CCCC(CN)C1(O)CCCOCC1. The average molecular weight is 201 g/mol. The van der Waals surface area contributed by atoms with Gasteiger partial charge in [-0.1, -0.05) is 13.3 Å². The van der Waals surface area contributed by atoms with Crippen molar-refractivity contribution in [2.75, 3.05) is 19.8 Å². The first-order chi connectivity index (χ1) is 6.73. The van der Waals surface area contributed by atoms with Crippen molar-refractivity contribution < 1.29 is 9.84 Å². The quantitative estimate of drug-likeness (QED) is 0.720. The molecule has 3 N–H and O–H groups in total. The number of hydrogen-bond acceptors (Lipinski definition) is 3. The van der Waals surface area contributed by atoms with E-state index in [1.807, 2.05) is 0 Å². The lowest BCUT2D eigenvalue weighted by atomic mass is 9.79. The third kappa shape index (κ3) is 2.94. The van der Waals surface area contributed by atoms with Crippen LogP contribution in [0, 0.1) is 5.92 Å². The van der Waals surface area contributed by atoms with Crippen LogP contribution < -0.4 is 5.73 Å². The number of ether oxygens (including phenoxy) is 1. The Balaban J connectivity index is 2.57. The maximum Gasteiger partial charge on any atom is 0.0710 e. The van der Waals surface area contributed by atoms with Gasteiger partial charge in [0.25, 0.3) is 0 Å². The summed E-state index contributed by atoms with van der Waals surface area (Å²) in [5.74, 6) is 0.245. The van der Waals surface area contributed by atoms with Gasteiger partial charge >= 0.3 is 0 Å². The summed E-state index contributed by atoms with van der Waals surface area (Å²) in [4.78, 5) is 0. The zero-order valence-electron chi connectivity index (χ0n) is 9.17. The highest BCUT2D eigenvalue weighted by molar-refractivity contribution is 4.87. The lowest BCUT2D eigenvalue weighted by molar-refractivity contribution is -0.0353. The van der Waals surface area contributed by atoms with Gasteiger partial charge in [-0.05, 0) is 38.1 Å². The first kappa shape index (κ1) is 12.0. The monoisotopic (exact) mass is 201 g/mol. The van der Waals surface area contributed by atoms with E-state index in [0.717, 1.165) is 38.7 Å². The normalized spacial score (nSPS) is 31.1. The number of aliphatic hydroxyl groups is 1. The van der Waals surface area contributed by atoms with Gasteiger partial charge in [0.05, 0.1) is 5.60 Å². The molecule has 3 heteroatoms. The molecule has 0 saturated carbocycles. The van der Waals surface area contributed by atoms with E-state index in [-0.39, 0.29) is 5.92 Å². The lowest BCUT2D eigenvalue weighted by Gasteiger charge is -2.34. The molecule has 0 radical (unpaired) electrons. The summed E-state index contributed by atoms with van der Waals surface area (Å²) in [6, 6.07) is 0. The largest absolute Gasteiger partial charge is 0.389 e. The number of hydrogen-bond donors (Lipinski definition) is 2. The fraction of sp³-hybridized carbons (Fsp3) is 1.00. The van der Waals surface area contributed by atoms with Crippen molar-refractivity contribution in [1.29, 1.82) is 0 Å². The number of rotatable bonds is 4. The molecule has 0 amide bonds. The summed E-state index contributed by atoms with van der Waals surface area (Å²) in [6.45, 7) is 4.19. The molecule has 0 spiro atoms. The van der Waals surface area contributed by atoms with E-state index in [0.29, 0.717) is 13.2 Å². The van der Waals surface area contributed by atoms with Crippen LogP contribution in [0.5, 0.6) is 0 Å². The van der Waals surface area contributed by atoms with Crippen LogP contribution in [0.3, 0.4) is 0 Å². The maximum atomic E-state index is 10.5. The van der Waals surface area contributed by atoms with Crippen molar-refractivity contribution in [3.63, 3.8) is 0 Å². The van der Waals surface area contributed by atoms with Crippen LogP contribution in [-0.4, -0.2) is 30.5 Å². The molecule has 84 valence electrons. The minimum Gasteiger partial charge on any atom is -0.389 e. The van der Waals surface area contributed by atoms with Crippen molar-refractivity contribution in [3.8, 4) is 0 Å². The molecule has 2 atom stereocenters. The predicted molar refractivity (Wildman–Crippen MR) is 57.1 cm³/mol. The van der Waals surface area contributed by atoms with Crippen LogP contribution in [0.4, 0.5) is 0 Å². The Kier molecular flexibility index (Phi) is 4.85. The molecule has 3 nitrogen and oxygen atoms in total. The average Bonchev–Trinajstić information content (AvgIpc) is 2.40. The molecule has 1 rings (SSSR count). The van der Waals surface area contributed by atoms with Gasteiger partial charge in [0.1, 0.15) is 0 Å². The Labute approximate surface area is 86.6 Å². The second-order valence-corrected chi connectivity index (χ2v) is 4.29. The van der Waals surface area contributed by atoms with Gasteiger partial charge in [0.15, 0.2) is 0 Å². The van der Waals surface area contributed by atoms with Crippen LogP contribution in [0.2, 0.25) is 0 Å². The predicted octanol–water partition coefficient (Wildman–Crippen LogP) is 1.29. The minimum atomic E-state index is -0.568. The fourth-order valence-electron chi connectivity index (χ4n) is 2.32. The second kappa shape index (κ2) is 5.69. The van der Waals surface area contributed by atoms with Gasteiger partial charge in [0.2, 0.25) is 0 Å². The van der Waals surface area contributed by atoms with Crippen molar-refractivity contribution in [2.45, 2.75) is 44.6 Å². The molecule has 1 fully saturated rings. The smallest absolute Gasteiger partial charge is 0.0710 e. The third-order valence-corrected chi connectivity index (χ3v) is 3.26. The van der Waals surface area contributed by atoms with E-state index in [1.54, 1.807) is 0 Å². The Morgan fingerprint density at radius 1 is 1.43 bits per heavy atom. The molecule has 0 aliphatic carbocycles. The van der Waals surface area contributed by atoms with Crippen molar-refractivity contribution in [1.82, 2.24) is 0 Å². The topological polar surface area (TPSA) is 55.5 Å². The van der Waals surface area contributed by atoms with E-state index >= 15 is 0 Å². The Hall–Kier alpha value is -0.120. The number of nitrogens with two attached hydrogens (primary N) is 1. The molecule has 0 aromatic heterocycles. The van der Waals surface area contributed by atoms with Crippen LogP contribution in [-0.2, 0) is 4.74 Å². The molecule has 1 saturated heterocycles. The van der Waals surface area contributed by atoms with Gasteiger partial charge in [-0.2, -0.15) is 0 Å². The highest BCUT2D eigenvalue weighted by Gasteiger charge is 2.35. The highest BCUT2D eigenvalue weighted by atomic mass is 16.5. The molecule has 1 aliphatic heterocycles. The van der Waals surface area contributed by atoms with Crippen LogP contribution in [0.15, 0.2) is 0 Å². The van der Waals surface area contributed by atoms with Gasteiger partial charge in [0, 0.05) is 13.2 Å². The van der Waals surface area contributed by atoms with Crippen LogP contribution in [0.25, 0.3) is 0 Å². The molecule has 0 bridgehead atoms. The Bertz CT molecular complexity index is 153. The summed E-state index contributed by atoms with van der Waals surface area (Å²) < 4.78 is 5.36. The van der Waals surface area contributed by atoms with E-state index in [1.165, 1.54) is 0 Å².